The van der Waals surface area contributed by atoms with Gasteiger partial charge in [-0.2, -0.15) is 5.10 Å². The first-order valence-electron chi connectivity index (χ1n) is 6.09. The van der Waals surface area contributed by atoms with Crippen LogP contribution in [0.4, 0.5) is 0 Å². The summed E-state index contributed by atoms with van der Waals surface area (Å²) in [5.74, 6) is 0.668. The average molecular weight is 240 g/mol. The highest BCUT2D eigenvalue weighted by Gasteiger charge is 2.38. The first-order chi connectivity index (χ1) is 7.59. The molecule has 3 rings (SSSR count). The van der Waals surface area contributed by atoms with Crippen molar-refractivity contribution in [2.45, 2.75) is 50.0 Å². The second kappa shape index (κ2) is 3.47. The topological polar surface area (TPSA) is 43.8 Å². The Kier molecular flexibility index (Phi) is 2.30. The van der Waals surface area contributed by atoms with Gasteiger partial charge < -0.3 is 5.73 Å². The van der Waals surface area contributed by atoms with Crippen LogP contribution in [0.1, 0.15) is 49.3 Å². The molecule has 0 radical (unpaired) electrons. The Morgan fingerprint density at radius 2 is 2.19 bits per heavy atom. The molecule has 0 atom stereocenters. The standard InChI is InChI=1S/C12H18ClN3/c1-16-11(13)9(4-5-12(14)6-7-12)10(15-16)8-2-3-8/h8H,2-7,14H2,1H3. The fourth-order valence-corrected chi connectivity index (χ4v) is 2.50. The van der Waals surface area contributed by atoms with Gasteiger partial charge in [0.05, 0.1) is 5.69 Å². The normalized spacial score (nSPS) is 22.4. The van der Waals surface area contributed by atoms with Crippen LogP contribution in [0, 0.1) is 0 Å². The number of halogens is 1. The first kappa shape index (κ1) is 10.6. The SMILES string of the molecule is Cn1nc(C2CC2)c(CCC2(N)CC2)c1Cl. The van der Waals surface area contributed by atoms with Crippen molar-refractivity contribution in [3.05, 3.63) is 16.4 Å². The summed E-state index contributed by atoms with van der Waals surface area (Å²) in [6, 6.07) is 0. The summed E-state index contributed by atoms with van der Waals surface area (Å²) < 4.78 is 1.81. The van der Waals surface area contributed by atoms with Crippen LogP contribution in [-0.2, 0) is 13.5 Å². The zero-order valence-corrected chi connectivity index (χ0v) is 10.4. The molecule has 1 aromatic rings. The highest BCUT2D eigenvalue weighted by atomic mass is 35.5. The van der Waals surface area contributed by atoms with Crippen molar-refractivity contribution in [2.75, 3.05) is 0 Å². The Balaban J connectivity index is 1.80. The van der Waals surface area contributed by atoms with Gasteiger partial charge in [-0.25, -0.2) is 0 Å². The lowest BCUT2D eigenvalue weighted by molar-refractivity contribution is 0.607. The third kappa shape index (κ3) is 1.87. The fraction of sp³-hybridized carbons (Fsp3) is 0.750. The van der Waals surface area contributed by atoms with Gasteiger partial charge in [0.1, 0.15) is 5.15 Å². The first-order valence-corrected chi connectivity index (χ1v) is 6.47. The minimum atomic E-state index is 0.111. The highest BCUT2D eigenvalue weighted by Crippen LogP contribution is 2.44. The zero-order chi connectivity index (χ0) is 11.3. The molecule has 88 valence electrons. The molecule has 2 aliphatic carbocycles. The lowest BCUT2D eigenvalue weighted by Gasteiger charge is -2.08. The van der Waals surface area contributed by atoms with Crippen molar-refractivity contribution >= 4 is 11.6 Å². The van der Waals surface area contributed by atoms with E-state index >= 15 is 0 Å². The molecule has 0 bridgehead atoms. The molecule has 1 aromatic heterocycles. The second-order valence-electron chi connectivity index (χ2n) is 5.41. The molecule has 16 heavy (non-hydrogen) atoms. The molecule has 2 aliphatic rings. The number of aryl methyl sites for hydroxylation is 1. The van der Waals surface area contributed by atoms with Crippen molar-refractivity contribution in [1.29, 1.82) is 0 Å². The minimum Gasteiger partial charge on any atom is -0.325 e. The van der Waals surface area contributed by atoms with Crippen LogP contribution in [0.3, 0.4) is 0 Å². The largest absolute Gasteiger partial charge is 0.325 e. The fourth-order valence-electron chi connectivity index (χ4n) is 2.27. The molecule has 0 aromatic carbocycles. The molecular formula is C12H18ClN3. The van der Waals surface area contributed by atoms with E-state index in [-0.39, 0.29) is 5.54 Å². The van der Waals surface area contributed by atoms with Gasteiger partial charge >= 0.3 is 0 Å². The van der Waals surface area contributed by atoms with E-state index in [4.69, 9.17) is 17.3 Å². The predicted octanol–water partition coefficient (Wildman–Crippen LogP) is 2.37. The molecule has 4 heteroatoms. The van der Waals surface area contributed by atoms with Crippen LogP contribution in [0.15, 0.2) is 0 Å². The van der Waals surface area contributed by atoms with E-state index in [2.05, 4.69) is 5.10 Å². The van der Waals surface area contributed by atoms with E-state index in [1.54, 1.807) is 4.68 Å². The molecule has 2 saturated carbocycles. The van der Waals surface area contributed by atoms with Crippen molar-refractivity contribution < 1.29 is 0 Å². The third-order valence-electron chi connectivity index (χ3n) is 3.83. The molecule has 1 heterocycles. The molecule has 0 aliphatic heterocycles. The van der Waals surface area contributed by atoms with Crippen LogP contribution in [0.2, 0.25) is 5.15 Å². The van der Waals surface area contributed by atoms with Gasteiger partial charge in [0, 0.05) is 24.1 Å². The number of rotatable bonds is 4. The summed E-state index contributed by atoms with van der Waals surface area (Å²) in [5.41, 5.74) is 8.72. The van der Waals surface area contributed by atoms with Gasteiger partial charge in [0.2, 0.25) is 0 Å². The van der Waals surface area contributed by atoms with Crippen LogP contribution in [0.5, 0.6) is 0 Å². The van der Waals surface area contributed by atoms with Gasteiger partial charge in [-0.15, -0.1) is 0 Å². The maximum Gasteiger partial charge on any atom is 0.130 e. The van der Waals surface area contributed by atoms with Crippen molar-refractivity contribution in [3.63, 3.8) is 0 Å². The maximum atomic E-state index is 6.29. The lowest BCUT2D eigenvalue weighted by Crippen LogP contribution is -2.22. The maximum absolute atomic E-state index is 6.29. The minimum absolute atomic E-state index is 0.111. The van der Waals surface area contributed by atoms with Crippen molar-refractivity contribution in [3.8, 4) is 0 Å². The van der Waals surface area contributed by atoms with E-state index in [0.717, 1.165) is 18.0 Å². The number of aromatic nitrogens is 2. The van der Waals surface area contributed by atoms with Gasteiger partial charge in [-0.3, -0.25) is 4.68 Å². The number of hydrogen-bond acceptors (Lipinski definition) is 2. The molecular weight excluding hydrogens is 222 g/mol. The van der Waals surface area contributed by atoms with Crippen LogP contribution < -0.4 is 5.73 Å². The Hall–Kier alpha value is -0.540. The monoisotopic (exact) mass is 239 g/mol. The average Bonchev–Trinajstić information content (AvgIpc) is 3.12. The Bertz CT molecular complexity index is 416. The number of hydrogen-bond donors (Lipinski definition) is 1. The Morgan fingerprint density at radius 3 is 2.75 bits per heavy atom. The lowest BCUT2D eigenvalue weighted by atomic mass is 10.0. The summed E-state index contributed by atoms with van der Waals surface area (Å²) in [4.78, 5) is 0. The Morgan fingerprint density at radius 1 is 1.50 bits per heavy atom. The molecule has 2 N–H and O–H groups in total. The van der Waals surface area contributed by atoms with E-state index < -0.39 is 0 Å². The van der Waals surface area contributed by atoms with Crippen LogP contribution >= 0.6 is 11.6 Å². The van der Waals surface area contributed by atoms with Gasteiger partial charge in [0.15, 0.2) is 0 Å². The molecule has 3 nitrogen and oxygen atoms in total. The molecule has 0 spiro atoms. The molecule has 0 saturated heterocycles. The molecule has 0 amide bonds. The molecule has 0 unspecified atom stereocenters. The van der Waals surface area contributed by atoms with Crippen molar-refractivity contribution in [2.24, 2.45) is 12.8 Å². The Labute approximate surface area is 101 Å². The number of nitrogens with zero attached hydrogens (tertiary/aromatic N) is 2. The second-order valence-corrected chi connectivity index (χ2v) is 5.77. The summed E-state index contributed by atoms with van der Waals surface area (Å²) in [6.45, 7) is 0. The summed E-state index contributed by atoms with van der Waals surface area (Å²) >= 11 is 6.29. The summed E-state index contributed by atoms with van der Waals surface area (Å²) in [5, 5.41) is 5.35. The predicted molar refractivity (Wildman–Crippen MR) is 64.7 cm³/mol. The van der Waals surface area contributed by atoms with Crippen molar-refractivity contribution in [1.82, 2.24) is 9.78 Å². The third-order valence-corrected chi connectivity index (χ3v) is 4.30. The summed E-state index contributed by atoms with van der Waals surface area (Å²) in [7, 11) is 1.92. The number of nitrogens with two attached hydrogens (primary N) is 1. The highest BCUT2D eigenvalue weighted by molar-refractivity contribution is 6.30. The zero-order valence-electron chi connectivity index (χ0n) is 9.67. The quantitative estimate of drug-likeness (QED) is 0.877. The smallest absolute Gasteiger partial charge is 0.130 e. The van der Waals surface area contributed by atoms with Crippen LogP contribution in [-0.4, -0.2) is 15.3 Å². The molecule has 2 fully saturated rings. The van der Waals surface area contributed by atoms with E-state index in [1.165, 1.54) is 36.9 Å². The van der Waals surface area contributed by atoms with Crippen LogP contribution in [0.25, 0.3) is 0 Å². The van der Waals surface area contributed by atoms with Gasteiger partial charge in [-0.05, 0) is 38.5 Å². The van der Waals surface area contributed by atoms with Gasteiger partial charge in [0.25, 0.3) is 0 Å². The summed E-state index contributed by atoms with van der Waals surface area (Å²) in [6.07, 6.45) is 6.93. The van der Waals surface area contributed by atoms with E-state index in [1.807, 2.05) is 7.05 Å². The van der Waals surface area contributed by atoms with E-state index in [0.29, 0.717) is 5.92 Å². The van der Waals surface area contributed by atoms with E-state index in [9.17, 15) is 0 Å². The van der Waals surface area contributed by atoms with Gasteiger partial charge in [-0.1, -0.05) is 11.6 Å².